The van der Waals surface area contributed by atoms with Crippen molar-refractivity contribution in [3.05, 3.63) is 41.6 Å². The molecule has 1 amide bonds. The van der Waals surface area contributed by atoms with E-state index in [4.69, 9.17) is 33.4 Å². The van der Waals surface area contributed by atoms with Gasteiger partial charge in [-0.1, -0.05) is 0 Å². The third-order valence-corrected chi connectivity index (χ3v) is 7.19. The quantitative estimate of drug-likeness (QED) is 0.177. The fraction of sp³-hybridized carbons (Fsp3) is 0.567. The third-order valence-electron chi connectivity index (χ3n) is 7.19. The van der Waals surface area contributed by atoms with Gasteiger partial charge in [0.25, 0.3) is 0 Å². The Labute approximate surface area is 260 Å². The molecule has 3 atom stereocenters. The number of nitrogens with one attached hydrogen (secondary N) is 1. The number of amides is 1. The number of fused-ring (bicyclic) bond motifs is 3. The first-order chi connectivity index (χ1) is 21.6. The van der Waals surface area contributed by atoms with Crippen molar-refractivity contribution in [1.29, 1.82) is 0 Å². The Balaban J connectivity index is 1.44. The molecule has 3 aromatic rings. The summed E-state index contributed by atoms with van der Waals surface area (Å²) < 4.78 is 49.8. The van der Waals surface area contributed by atoms with Crippen LogP contribution in [0.3, 0.4) is 0 Å². The zero-order chi connectivity index (χ0) is 32.1. The van der Waals surface area contributed by atoms with Crippen LogP contribution in [0.25, 0.3) is 5.65 Å². The molecule has 0 aromatic carbocycles. The second kappa shape index (κ2) is 13.8. The second-order valence-electron chi connectivity index (χ2n) is 11.8. The number of methoxy groups -OCH3 is 1. The summed E-state index contributed by atoms with van der Waals surface area (Å²) in [6.45, 7) is 7.48. The van der Waals surface area contributed by atoms with Crippen LogP contribution in [-0.2, 0) is 25.5 Å². The normalized spacial score (nSPS) is 18.1. The van der Waals surface area contributed by atoms with E-state index in [1.54, 1.807) is 33.9 Å². The fourth-order valence-electron chi connectivity index (χ4n) is 5.38. The number of aromatic nitrogens is 4. The topological polar surface area (TPSA) is 148 Å². The van der Waals surface area contributed by atoms with Crippen molar-refractivity contribution < 1.29 is 42.4 Å². The van der Waals surface area contributed by atoms with Gasteiger partial charge in [-0.3, -0.25) is 0 Å². The number of halogens is 1. The highest BCUT2D eigenvalue weighted by Crippen LogP contribution is 2.42. The molecule has 0 spiro atoms. The highest BCUT2D eigenvalue weighted by atomic mass is 19.1. The molecule has 1 aliphatic heterocycles. The van der Waals surface area contributed by atoms with Crippen LogP contribution in [0, 0.1) is 5.82 Å². The van der Waals surface area contributed by atoms with Gasteiger partial charge in [-0.2, -0.15) is 5.10 Å². The Bertz CT molecular complexity index is 1510. The molecule has 45 heavy (non-hydrogen) atoms. The summed E-state index contributed by atoms with van der Waals surface area (Å²) in [5.74, 6) is 0.0564. The molecule has 244 valence electrons. The maximum Gasteiger partial charge on any atom is 0.407 e. The number of carbonyl (C=O) groups is 2. The van der Waals surface area contributed by atoms with Crippen molar-refractivity contribution in [3.8, 4) is 11.6 Å². The number of nitrogens with zero attached hydrogens (tertiary/aromatic N) is 5. The zero-order valence-electron chi connectivity index (χ0n) is 26.1. The summed E-state index contributed by atoms with van der Waals surface area (Å²) in [6, 6.07) is 1.30. The van der Waals surface area contributed by atoms with Crippen LogP contribution in [0.4, 0.5) is 15.0 Å². The molecule has 0 saturated heterocycles. The number of anilines is 1. The molecule has 1 saturated carbocycles. The Kier molecular flexibility index (Phi) is 9.87. The average molecular weight is 631 g/mol. The van der Waals surface area contributed by atoms with Gasteiger partial charge in [0.1, 0.15) is 36.0 Å². The average Bonchev–Trinajstić information content (AvgIpc) is 3.62. The second-order valence-corrected chi connectivity index (χ2v) is 11.8. The summed E-state index contributed by atoms with van der Waals surface area (Å²) in [5.41, 5.74) is 0.303. The molecular formula is C30H39FN6O8. The standard InChI is InChI=1S/C30H39FN6O8/c1-6-42-28(38)21-13-34-37-15-24-26(35-25(21)37)36(22-8-7-9-23(22)44-24)14-18-10-19(31)11-32-27(18)43-20(16-41-17-40-5)12-33-29(39)45-30(2,3)4/h10-11,13,15,20,22-23H,6-9,12,14,16-17H2,1-5H3,(H,33,39)/t20-,22+,23-/m0/s1. The highest BCUT2D eigenvalue weighted by Gasteiger charge is 2.41. The van der Waals surface area contributed by atoms with Crippen LogP contribution in [0.2, 0.25) is 0 Å². The first kappa shape index (κ1) is 32.2. The van der Waals surface area contributed by atoms with Crippen molar-refractivity contribution in [2.24, 2.45) is 0 Å². The summed E-state index contributed by atoms with van der Waals surface area (Å²) in [5, 5.41) is 6.97. The summed E-state index contributed by atoms with van der Waals surface area (Å²) in [6.07, 6.45) is 5.33. The zero-order valence-corrected chi connectivity index (χ0v) is 26.1. The maximum atomic E-state index is 14.7. The molecule has 3 aromatic heterocycles. The van der Waals surface area contributed by atoms with E-state index >= 15 is 0 Å². The third kappa shape index (κ3) is 7.71. The summed E-state index contributed by atoms with van der Waals surface area (Å²) in [7, 11) is 1.49. The van der Waals surface area contributed by atoms with E-state index in [9.17, 15) is 14.0 Å². The maximum absolute atomic E-state index is 14.7. The number of rotatable bonds is 12. The van der Waals surface area contributed by atoms with Gasteiger partial charge in [0.2, 0.25) is 5.88 Å². The van der Waals surface area contributed by atoms with E-state index < -0.39 is 29.6 Å². The minimum absolute atomic E-state index is 0.00610. The Morgan fingerprint density at radius 3 is 2.82 bits per heavy atom. The van der Waals surface area contributed by atoms with Gasteiger partial charge in [-0.05, 0) is 53.0 Å². The van der Waals surface area contributed by atoms with Gasteiger partial charge in [0, 0.05) is 12.7 Å². The highest BCUT2D eigenvalue weighted by molar-refractivity contribution is 5.96. The number of hydrogen-bond acceptors (Lipinski definition) is 12. The van der Waals surface area contributed by atoms with Gasteiger partial charge in [-0.25, -0.2) is 28.5 Å². The van der Waals surface area contributed by atoms with E-state index in [2.05, 4.69) is 15.4 Å². The SMILES string of the molecule is CCOC(=O)c1cnn2cc3c(nc12)N(Cc1cc(F)cnc1O[C@@H](CNC(=O)OC(C)(C)C)COCOC)[C@@H]1CCC[C@@H]1O3. The van der Waals surface area contributed by atoms with Crippen molar-refractivity contribution in [1.82, 2.24) is 24.9 Å². The minimum atomic E-state index is -0.711. The lowest BCUT2D eigenvalue weighted by molar-refractivity contribution is -0.0568. The van der Waals surface area contributed by atoms with E-state index in [1.165, 1.54) is 23.9 Å². The molecule has 0 radical (unpaired) electrons. The molecular weight excluding hydrogens is 591 g/mol. The lowest BCUT2D eigenvalue weighted by Crippen LogP contribution is -2.47. The first-order valence-corrected chi connectivity index (χ1v) is 14.9. The fourth-order valence-corrected chi connectivity index (χ4v) is 5.38. The predicted octanol–water partition coefficient (Wildman–Crippen LogP) is 3.65. The molecule has 15 heteroatoms. The molecule has 1 aliphatic carbocycles. The van der Waals surface area contributed by atoms with Crippen molar-refractivity contribution in [3.63, 3.8) is 0 Å². The van der Waals surface area contributed by atoms with Crippen LogP contribution >= 0.6 is 0 Å². The number of carbonyl (C=O) groups excluding carboxylic acids is 2. The van der Waals surface area contributed by atoms with Gasteiger partial charge < -0.3 is 38.6 Å². The van der Waals surface area contributed by atoms with Crippen molar-refractivity contribution in [2.45, 2.75) is 77.4 Å². The molecule has 2 aliphatic rings. The van der Waals surface area contributed by atoms with Crippen molar-refractivity contribution in [2.75, 3.05) is 38.6 Å². The van der Waals surface area contributed by atoms with Crippen LogP contribution in [0.5, 0.6) is 11.6 Å². The Morgan fingerprint density at radius 1 is 1.24 bits per heavy atom. The van der Waals surface area contributed by atoms with Gasteiger partial charge >= 0.3 is 12.1 Å². The number of pyridine rings is 1. The lowest BCUT2D eigenvalue weighted by Gasteiger charge is -2.39. The molecule has 14 nitrogen and oxygen atoms in total. The smallest absolute Gasteiger partial charge is 0.407 e. The minimum Gasteiger partial charge on any atom is -0.483 e. The predicted molar refractivity (Wildman–Crippen MR) is 158 cm³/mol. The van der Waals surface area contributed by atoms with E-state index in [1.807, 2.05) is 4.90 Å². The van der Waals surface area contributed by atoms with E-state index in [0.29, 0.717) is 22.8 Å². The molecule has 0 bridgehead atoms. The molecule has 1 fully saturated rings. The summed E-state index contributed by atoms with van der Waals surface area (Å²) >= 11 is 0. The Hall–Kier alpha value is -4.24. The number of hydrogen-bond donors (Lipinski definition) is 1. The largest absolute Gasteiger partial charge is 0.483 e. The number of ether oxygens (including phenoxy) is 6. The van der Waals surface area contributed by atoms with Gasteiger partial charge in [0.15, 0.2) is 17.2 Å². The Morgan fingerprint density at radius 2 is 2.07 bits per heavy atom. The van der Waals surface area contributed by atoms with Crippen LogP contribution < -0.4 is 19.7 Å². The van der Waals surface area contributed by atoms with Gasteiger partial charge in [-0.15, -0.1) is 0 Å². The summed E-state index contributed by atoms with van der Waals surface area (Å²) in [4.78, 5) is 36.0. The van der Waals surface area contributed by atoms with Crippen molar-refractivity contribution >= 4 is 23.5 Å². The van der Waals surface area contributed by atoms with E-state index in [-0.39, 0.29) is 56.7 Å². The molecule has 5 rings (SSSR count). The number of alkyl carbamates (subject to hydrolysis) is 1. The number of esters is 1. The van der Waals surface area contributed by atoms with Crippen LogP contribution in [0.15, 0.2) is 24.7 Å². The molecule has 1 N–H and O–H groups in total. The van der Waals surface area contributed by atoms with E-state index in [0.717, 1.165) is 25.5 Å². The van der Waals surface area contributed by atoms with Crippen LogP contribution in [0.1, 0.15) is 62.9 Å². The first-order valence-electron chi connectivity index (χ1n) is 14.9. The molecule has 4 heterocycles. The molecule has 0 unspecified atom stereocenters. The lowest BCUT2D eigenvalue weighted by atomic mass is 10.1. The van der Waals surface area contributed by atoms with Gasteiger partial charge in [0.05, 0.1) is 50.9 Å². The van der Waals surface area contributed by atoms with Crippen LogP contribution in [-0.4, -0.2) is 89.2 Å². The monoisotopic (exact) mass is 630 g/mol.